The van der Waals surface area contributed by atoms with Crippen LogP contribution in [0.3, 0.4) is 0 Å². The van der Waals surface area contributed by atoms with Crippen molar-refractivity contribution in [2.24, 2.45) is 0 Å². The van der Waals surface area contributed by atoms with Gasteiger partial charge in [-0.25, -0.2) is 0 Å². The molecule has 17 heavy (non-hydrogen) atoms. The SMILES string of the molecule is C=CCCCOCCCC(=O)c1ccccc1. The Kier molecular flexibility index (Phi) is 6.99. The first-order chi connectivity index (χ1) is 8.34. The topological polar surface area (TPSA) is 26.3 Å². The molecule has 0 amide bonds. The van der Waals surface area contributed by atoms with E-state index in [2.05, 4.69) is 6.58 Å². The smallest absolute Gasteiger partial charge is 0.162 e. The largest absolute Gasteiger partial charge is 0.381 e. The molecule has 0 fully saturated rings. The number of Topliss-reactive ketones (excluding diaryl/α,β-unsaturated/α-hetero) is 1. The lowest BCUT2D eigenvalue weighted by Crippen LogP contribution is -2.02. The fraction of sp³-hybridized carbons (Fsp3) is 0.400. The van der Waals surface area contributed by atoms with Crippen molar-refractivity contribution in [3.8, 4) is 0 Å². The maximum absolute atomic E-state index is 11.7. The van der Waals surface area contributed by atoms with Crippen molar-refractivity contribution in [1.29, 1.82) is 0 Å². The van der Waals surface area contributed by atoms with Gasteiger partial charge in [0.25, 0.3) is 0 Å². The number of benzene rings is 1. The van der Waals surface area contributed by atoms with Crippen LogP contribution < -0.4 is 0 Å². The van der Waals surface area contributed by atoms with Gasteiger partial charge < -0.3 is 4.74 Å². The molecule has 0 bridgehead atoms. The highest BCUT2D eigenvalue weighted by atomic mass is 16.5. The molecule has 2 heteroatoms. The van der Waals surface area contributed by atoms with E-state index >= 15 is 0 Å². The van der Waals surface area contributed by atoms with Gasteiger partial charge in [-0.2, -0.15) is 0 Å². The molecule has 0 heterocycles. The van der Waals surface area contributed by atoms with Crippen LogP contribution in [0.25, 0.3) is 0 Å². The summed E-state index contributed by atoms with van der Waals surface area (Å²) in [5, 5.41) is 0. The predicted octanol–water partition coefficient (Wildman–Crippen LogP) is 3.63. The summed E-state index contributed by atoms with van der Waals surface area (Å²) in [7, 11) is 0. The molecule has 0 radical (unpaired) electrons. The van der Waals surface area contributed by atoms with Gasteiger partial charge in [-0.15, -0.1) is 6.58 Å². The third-order valence-electron chi connectivity index (χ3n) is 2.49. The molecular formula is C15H20O2. The maximum Gasteiger partial charge on any atom is 0.162 e. The molecule has 1 rings (SSSR count). The molecule has 0 aliphatic carbocycles. The van der Waals surface area contributed by atoms with Crippen LogP contribution >= 0.6 is 0 Å². The van der Waals surface area contributed by atoms with Crippen LogP contribution in [0.5, 0.6) is 0 Å². The van der Waals surface area contributed by atoms with Gasteiger partial charge in [-0.3, -0.25) is 4.79 Å². The van der Waals surface area contributed by atoms with E-state index in [9.17, 15) is 4.79 Å². The number of ether oxygens (including phenoxy) is 1. The Labute approximate surface area is 103 Å². The highest BCUT2D eigenvalue weighted by molar-refractivity contribution is 5.95. The van der Waals surface area contributed by atoms with Gasteiger partial charge in [0.1, 0.15) is 0 Å². The molecule has 0 N–H and O–H groups in total. The number of carbonyl (C=O) groups excluding carboxylic acids is 1. The minimum atomic E-state index is 0.195. The second kappa shape index (κ2) is 8.71. The Morgan fingerprint density at radius 1 is 1.18 bits per heavy atom. The van der Waals surface area contributed by atoms with Gasteiger partial charge in [0.15, 0.2) is 5.78 Å². The second-order valence-electron chi connectivity index (χ2n) is 3.94. The summed E-state index contributed by atoms with van der Waals surface area (Å²) in [4.78, 5) is 11.7. The minimum absolute atomic E-state index is 0.195. The third kappa shape index (κ3) is 6.03. The Bertz CT molecular complexity index is 330. The van der Waals surface area contributed by atoms with Gasteiger partial charge in [-0.05, 0) is 19.3 Å². The number of rotatable bonds is 9. The number of hydrogen-bond acceptors (Lipinski definition) is 2. The van der Waals surface area contributed by atoms with Gasteiger partial charge in [0.05, 0.1) is 0 Å². The zero-order valence-corrected chi connectivity index (χ0v) is 10.2. The Morgan fingerprint density at radius 2 is 1.88 bits per heavy atom. The normalized spacial score (nSPS) is 10.1. The Morgan fingerprint density at radius 3 is 2.59 bits per heavy atom. The molecule has 1 aromatic rings. The summed E-state index contributed by atoms with van der Waals surface area (Å²) >= 11 is 0. The van der Waals surface area contributed by atoms with Crippen LogP contribution in [0.1, 0.15) is 36.0 Å². The number of allylic oxidation sites excluding steroid dienone is 1. The second-order valence-corrected chi connectivity index (χ2v) is 3.94. The van der Waals surface area contributed by atoms with Crippen molar-refractivity contribution in [2.75, 3.05) is 13.2 Å². The molecule has 0 spiro atoms. The van der Waals surface area contributed by atoms with Gasteiger partial charge >= 0.3 is 0 Å². The first-order valence-corrected chi connectivity index (χ1v) is 6.11. The number of carbonyl (C=O) groups is 1. The van der Waals surface area contributed by atoms with Crippen molar-refractivity contribution in [1.82, 2.24) is 0 Å². The summed E-state index contributed by atoms with van der Waals surface area (Å²) in [6, 6.07) is 9.40. The number of ketones is 1. The lowest BCUT2D eigenvalue weighted by atomic mass is 10.1. The van der Waals surface area contributed by atoms with Crippen LogP contribution in [-0.2, 0) is 4.74 Å². The molecule has 2 nitrogen and oxygen atoms in total. The summed E-state index contributed by atoms with van der Waals surface area (Å²) in [5.41, 5.74) is 0.791. The zero-order chi connectivity index (χ0) is 12.3. The first-order valence-electron chi connectivity index (χ1n) is 6.11. The fourth-order valence-electron chi connectivity index (χ4n) is 1.53. The summed E-state index contributed by atoms with van der Waals surface area (Å²) in [6.45, 7) is 5.07. The first kappa shape index (κ1) is 13.7. The van der Waals surface area contributed by atoms with E-state index in [0.717, 1.165) is 31.4 Å². The van der Waals surface area contributed by atoms with E-state index in [1.807, 2.05) is 36.4 Å². The monoisotopic (exact) mass is 232 g/mol. The third-order valence-corrected chi connectivity index (χ3v) is 2.49. The Hall–Kier alpha value is -1.41. The van der Waals surface area contributed by atoms with Gasteiger partial charge in [0, 0.05) is 25.2 Å². The summed E-state index contributed by atoms with van der Waals surface area (Å²) < 4.78 is 5.42. The molecule has 0 atom stereocenters. The highest BCUT2D eigenvalue weighted by Crippen LogP contribution is 2.05. The minimum Gasteiger partial charge on any atom is -0.381 e. The lowest BCUT2D eigenvalue weighted by molar-refractivity contribution is 0.0936. The van der Waals surface area contributed by atoms with Crippen LogP contribution in [-0.4, -0.2) is 19.0 Å². The van der Waals surface area contributed by atoms with Crippen LogP contribution in [0, 0.1) is 0 Å². The maximum atomic E-state index is 11.7. The molecule has 0 saturated carbocycles. The van der Waals surface area contributed by atoms with Crippen molar-refractivity contribution >= 4 is 5.78 Å². The average molecular weight is 232 g/mol. The van der Waals surface area contributed by atoms with Gasteiger partial charge in [0.2, 0.25) is 0 Å². The Balaban J connectivity index is 2.07. The summed E-state index contributed by atoms with van der Waals surface area (Å²) in [6.07, 6.45) is 5.24. The predicted molar refractivity (Wildman–Crippen MR) is 70.3 cm³/mol. The number of hydrogen-bond donors (Lipinski definition) is 0. The van der Waals surface area contributed by atoms with E-state index in [-0.39, 0.29) is 5.78 Å². The van der Waals surface area contributed by atoms with E-state index in [4.69, 9.17) is 4.74 Å². The molecule has 0 aliphatic rings. The van der Waals surface area contributed by atoms with E-state index < -0.39 is 0 Å². The summed E-state index contributed by atoms with van der Waals surface area (Å²) in [5.74, 6) is 0.195. The molecule has 1 aromatic carbocycles. The van der Waals surface area contributed by atoms with Crippen molar-refractivity contribution in [3.05, 3.63) is 48.6 Å². The van der Waals surface area contributed by atoms with E-state index in [1.54, 1.807) is 0 Å². The molecule has 0 saturated heterocycles. The van der Waals surface area contributed by atoms with Crippen molar-refractivity contribution < 1.29 is 9.53 Å². The molecule has 92 valence electrons. The quantitative estimate of drug-likeness (QED) is 0.369. The highest BCUT2D eigenvalue weighted by Gasteiger charge is 2.03. The van der Waals surface area contributed by atoms with Crippen LogP contribution in [0.15, 0.2) is 43.0 Å². The standard InChI is InChI=1S/C15H20O2/c1-2-3-7-12-17-13-8-11-15(16)14-9-5-4-6-10-14/h2,4-6,9-10H,1,3,7-8,11-13H2. The fourth-order valence-corrected chi connectivity index (χ4v) is 1.53. The molecule has 0 unspecified atom stereocenters. The number of unbranched alkanes of at least 4 members (excludes halogenated alkanes) is 1. The molecule has 0 aromatic heterocycles. The average Bonchev–Trinajstić information content (AvgIpc) is 2.38. The lowest BCUT2D eigenvalue weighted by Gasteiger charge is -2.03. The van der Waals surface area contributed by atoms with Crippen LogP contribution in [0.2, 0.25) is 0 Å². The van der Waals surface area contributed by atoms with Gasteiger partial charge in [-0.1, -0.05) is 36.4 Å². The van der Waals surface area contributed by atoms with E-state index in [1.165, 1.54) is 0 Å². The van der Waals surface area contributed by atoms with E-state index in [0.29, 0.717) is 13.0 Å². The van der Waals surface area contributed by atoms with Crippen molar-refractivity contribution in [3.63, 3.8) is 0 Å². The van der Waals surface area contributed by atoms with Crippen LogP contribution in [0.4, 0.5) is 0 Å². The molecular weight excluding hydrogens is 212 g/mol. The molecule has 0 aliphatic heterocycles. The zero-order valence-electron chi connectivity index (χ0n) is 10.2. The van der Waals surface area contributed by atoms with Crippen molar-refractivity contribution in [2.45, 2.75) is 25.7 Å².